The molecule has 0 aliphatic rings. The molecule has 1 rings (SSSR count). The van der Waals surface area contributed by atoms with Crippen molar-refractivity contribution in [2.75, 3.05) is 25.4 Å². The molecule has 0 spiro atoms. The first-order valence-electron chi connectivity index (χ1n) is 8.00. The van der Waals surface area contributed by atoms with E-state index in [1.807, 2.05) is 6.92 Å². The molecule has 0 aliphatic heterocycles. The molecule has 3 N–H and O–H groups in total. The molecule has 24 heavy (non-hydrogen) atoms. The zero-order valence-electron chi connectivity index (χ0n) is 15.1. The maximum Gasteiger partial charge on any atom is 0.191 e. The molecule has 1 unspecified atom stereocenters. The van der Waals surface area contributed by atoms with E-state index in [9.17, 15) is 13.5 Å². The van der Waals surface area contributed by atoms with Crippen molar-refractivity contribution in [2.24, 2.45) is 4.99 Å². The van der Waals surface area contributed by atoms with Crippen LogP contribution in [0, 0.1) is 0 Å². The van der Waals surface area contributed by atoms with Crippen molar-refractivity contribution in [3.63, 3.8) is 0 Å². The van der Waals surface area contributed by atoms with Gasteiger partial charge in [0, 0.05) is 13.1 Å². The first-order chi connectivity index (χ1) is 11.0. The Bertz CT molecular complexity index is 629. The highest BCUT2D eigenvalue weighted by Gasteiger charge is 2.28. The monoisotopic (exact) mass is 359 g/mol. The first kappa shape index (κ1) is 20.5. The summed E-state index contributed by atoms with van der Waals surface area (Å²) >= 11 is 0. The third kappa shape index (κ3) is 5.83. The van der Waals surface area contributed by atoms with Gasteiger partial charge in [-0.05, 0) is 46.8 Å². The van der Waals surface area contributed by atoms with Gasteiger partial charge in [0.05, 0.1) is 23.3 Å². The highest BCUT2D eigenvalue weighted by molar-refractivity contribution is 7.92. The van der Waals surface area contributed by atoms with E-state index in [0.717, 1.165) is 0 Å². The van der Waals surface area contributed by atoms with Crippen LogP contribution in [0.4, 0.5) is 0 Å². The molecule has 7 nitrogen and oxygen atoms in total. The number of nitrogens with zero attached hydrogens (tertiary/aromatic N) is 1. The average molecular weight is 359 g/mol. The van der Waals surface area contributed by atoms with E-state index in [2.05, 4.69) is 15.6 Å². The van der Waals surface area contributed by atoms with E-state index in [0.29, 0.717) is 18.3 Å². The van der Waals surface area contributed by atoms with Crippen molar-refractivity contribution < 1.29 is 17.9 Å². The molecule has 0 aliphatic carbocycles. The standard InChI is InChI=1S/C16H29N3O4S/c1-6-17-14(18-9-11-24(21,22)15(2,3)4)19-12-16(5,20)13-8-7-10-23-13/h7-8,10,20H,6,9,11-12H2,1-5H3,(H2,17,18,19). The van der Waals surface area contributed by atoms with Gasteiger partial charge in [-0.25, -0.2) is 13.4 Å². The molecule has 1 heterocycles. The van der Waals surface area contributed by atoms with Crippen molar-refractivity contribution in [3.8, 4) is 0 Å². The van der Waals surface area contributed by atoms with Crippen LogP contribution in [0.2, 0.25) is 0 Å². The van der Waals surface area contributed by atoms with Crippen molar-refractivity contribution >= 4 is 15.8 Å². The molecular formula is C16H29N3O4S. The fraction of sp³-hybridized carbons (Fsp3) is 0.688. The predicted molar refractivity (Wildman–Crippen MR) is 95.8 cm³/mol. The number of sulfone groups is 1. The Hall–Kier alpha value is -1.54. The molecule has 0 saturated heterocycles. The average Bonchev–Trinajstić information content (AvgIpc) is 2.98. The van der Waals surface area contributed by atoms with Crippen molar-refractivity contribution in [3.05, 3.63) is 24.2 Å². The van der Waals surface area contributed by atoms with Gasteiger partial charge in [-0.1, -0.05) is 0 Å². The molecule has 8 heteroatoms. The molecule has 0 bridgehead atoms. The van der Waals surface area contributed by atoms with Gasteiger partial charge in [0.2, 0.25) is 0 Å². The summed E-state index contributed by atoms with van der Waals surface area (Å²) in [6.07, 6.45) is 1.49. The van der Waals surface area contributed by atoms with Gasteiger partial charge in [-0.2, -0.15) is 0 Å². The lowest BCUT2D eigenvalue weighted by Crippen LogP contribution is -2.42. The van der Waals surface area contributed by atoms with Gasteiger partial charge in [0.1, 0.15) is 11.4 Å². The van der Waals surface area contributed by atoms with Crippen molar-refractivity contribution in [2.45, 2.75) is 45.0 Å². The number of rotatable bonds is 7. The second-order valence-corrected chi connectivity index (χ2v) is 9.67. The lowest BCUT2D eigenvalue weighted by atomic mass is 10.0. The first-order valence-corrected chi connectivity index (χ1v) is 9.65. The Balaban J connectivity index is 2.67. The minimum absolute atomic E-state index is 0.00942. The van der Waals surface area contributed by atoms with E-state index in [4.69, 9.17) is 4.42 Å². The Morgan fingerprint density at radius 2 is 1.96 bits per heavy atom. The van der Waals surface area contributed by atoms with Crippen LogP contribution >= 0.6 is 0 Å². The molecule has 0 amide bonds. The van der Waals surface area contributed by atoms with Crippen LogP contribution < -0.4 is 10.6 Å². The minimum atomic E-state index is -3.20. The molecule has 0 fully saturated rings. The third-order valence-corrected chi connectivity index (χ3v) is 6.15. The number of aliphatic imine (C=N–C) groups is 1. The number of hydrogen-bond donors (Lipinski definition) is 3. The minimum Gasteiger partial charge on any atom is -0.466 e. The number of guanidine groups is 1. The van der Waals surface area contributed by atoms with Gasteiger partial charge < -0.3 is 20.2 Å². The molecule has 1 aromatic heterocycles. The van der Waals surface area contributed by atoms with Gasteiger partial charge in [0.25, 0.3) is 0 Å². The molecule has 138 valence electrons. The van der Waals surface area contributed by atoms with Crippen LogP contribution in [0.3, 0.4) is 0 Å². The smallest absolute Gasteiger partial charge is 0.191 e. The lowest BCUT2D eigenvalue weighted by Gasteiger charge is -2.21. The largest absolute Gasteiger partial charge is 0.466 e. The van der Waals surface area contributed by atoms with E-state index >= 15 is 0 Å². The maximum absolute atomic E-state index is 12.1. The van der Waals surface area contributed by atoms with Crippen LogP contribution in [0.5, 0.6) is 0 Å². The summed E-state index contributed by atoms with van der Waals surface area (Å²) < 4.78 is 28.7. The van der Waals surface area contributed by atoms with Crippen LogP contribution in [0.1, 0.15) is 40.4 Å². The zero-order valence-corrected chi connectivity index (χ0v) is 15.9. The fourth-order valence-electron chi connectivity index (χ4n) is 1.85. The Morgan fingerprint density at radius 3 is 2.46 bits per heavy atom. The van der Waals surface area contributed by atoms with Crippen LogP contribution in [0.25, 0.3) is 0 Å². The number of nitrogens with one attached hydrogen (secondary N) is 2. The third-order valence-electron chi connectivity index (χ3n) is 3.54. The second kappa shape index (κ2) is 8.02. The van der Waals surface area contributed by atoms with Gasteiger partial charge in [-0.15, -0.1) is 0 Å². The summed E-state index contributed by atoms with van der Waals surface area (Å²) in [6.45, 7) is 9.53. The summed E-state index contributed by atoms with van der Waals surface area (Å²) in [5, 5.41) is 16.4. The normalized spacial score (nSPS) is 15.8. The van der Waals surface area contributed by atoms with Gasteiger partial charge >= 0.3 is 0 Å². The Kier molecular flexibility index (Phi) is 6.86. The molecule has 0 radical (unpaired) electrons. The van der Waals surface area contributed by atoms with E-state index in [1.54, 1.807) is 39.8 Å². The molecule has 0 saturated carbocycles. The van der Waals surface area contributed by atoms with Gasteiger partial charge in [-0.3, -0.25) is 0 Å². The highest BCUT2D eigenvalue weighted by Crippen LogP contribution is 2.21. The Labute approximate surface area is 144 Å². The van der Waals surface area contributed by atoms with Crippen molar-refractivity contribution in [1.82, 2.24) is 10.6 Å². The van der Waals surface area contributed by atoms with Crippen LogP contribution in [-0.2, 0) is 15.4 Å². The van der Waals surface area contributed by atoms with Crippen molar-refractivity contribution in [1.29, 1.82) is 0 Å². The summed E-state index contributed by atoms with van der Waals surface area (Å²) in [5.41, 5.74) is -1.23. The lowest BCUT2D eigenvalue weighted by molar-refractivity contribution is 0.0437. The predicted octanol–water partition coefficient (Wildman–Crippen LogP) is 1.26. The summed E-state index contributed by atoms with van der Waals surface area (Å²) in [5.74, 6) is 0.890. The van der Waals surface area contributed by atoms with Crippen LogP contribution in [0.15, 0.2) is 27.8 Å². The number of hydrogen-bond acceptors (Lipinski definition) is 5. The quantitative estimate of drug-likeness (QED) is 0.500. The zero-order chi connectivity index (χ0) is 18.4. The Morgan fingerprint density at radius 1 is 1.29 bits per heavy atom. The van der Waals surface area contributed by atoms with E-state index in [1.165, 1.54) is 6.26 Å². The maximum atomic E-state index is 12.1. The molecule has 0 aromatic carbocycles. The topological polar surface area (TPSA) is 104 Å². The molecule has 1 aromatic rings. The number of furan rings is 1. The summed E-state index contributed by atoms with van der Waals surface area (Å²) in [7, 11) is -3.20. The molecular weight excluding hydrogens is 330 g/mol. The van der Waals surface area contributed by atoms with Crippen LogP contribution in [-0.4, -0.2) is 49.6 Å². The number of aliphatic hydroxyl groups is 1. The molecule has 1 atom stereocenters. The SMILES string of the molecule is CCNC(=NCC(C)(O)c1ccco1)NCCS(=O)(=O)C(C)(C)C. The van der Waals surface area contributed by atoms with E-state index < -0.39 is 20.2 Å². The highest BCUT2D eigenvalue weighted by atomic mass is 32.2. The second-order valence-electron chi connectivity index (χ2n) is 6.80. The summed E-state index contributed by atoms with van der Waals surface area (Å²) in [6, 6.07) is 3.39. The summed E-state index contributed by atoms with van der Waals surface area (Å²) in [4.78, 5) is 4.31. The van der Waals surface area contributed by atoms with E-state index in [-0.39, 0.29) is 18.8 Å². The fourth-order valence-corrected chi connectivity index (χ4v) is 2.83. The van der Waals surface area contributed by atoms with Gasteiger partial charge in [0.15, 0.2) is 15.8 Å².